The van der Waals surface area contributed by atoms with Gasteiger partial charge in [0, 0.05) is 6.42 Å². The van der Waals surface area contributed by atoms with E-state index < -0.39 is 5.97 Å². The van der Waals surface area contributed by atoms with Crippen LogP contribution in [0.3, 0.4) is 0 Å². The van der Waals surface area contributed by atoms with Crippen molar-refractivity contribution >= 4 is 5.97 Å². The van der Waals surface area contributed by atoms with Gasteiger partial charge < -0.3 is 14.9 Å². The second kappa shape index (κ2) is 17.5. The van der Waals surface area contributed by atoms with Gasteiger partial charge in [-0.1, -0.05) is 88.6 Å². The first-order valence-corrected chi connectivity index (χ1v) is 11.7. The van der Waals surface area contributed by atoms with Crippen LogP contribution in [-0.2, 0) is 16.1 Å². The highest BCUT2D eigenvalue weighted by Crippen LogP contribution is 2.18. The molecule has 1 rings (SSSR count). The van der Waals surface area contributed by atoms with Gasteiger partial charge in [0.05, 0.1) is 18.8 Å². The molecule has 0 aliphatic carbocycles. The Hall–Kier alpha value is -1.39. The van der Waals surface area contributed by atoms with E-state index in [-0.39, 0.29) is 12.5 Å². The fourth-order valence-electron chi connectivity index (χ4n) is 3.63. The molecule has 0 radical (unpaired) electrons. The molecule has 2 atom stereocenters. The highest BCUT2D eigenvalue weighted by Gasteiger charge is 2.10. The first-order valence-electron chi connectivity index (χ1n) is 11.7. The van der Waals surface area contributed by atoms with Crippen molar-refractivity contribution in [3.05, 3.63) is 35.9 Å². The summed E-state index contributed by atoms with van der Waals surface area (Å²) in [7, 11) is 0. The van der Waals surface area contributed by atoms with Crippen LogP contribution in [0.1, 0.15) is 102 Å². The molecule has 0 amide bonds. The molecule has 0 bridgehead atoms. The summed E-state index contributed by atoms with van der Waals surface area (Å²) >= 11 is 0. The largest absolute Gasteiger partial charge is 0.481 e. The third-order valence-electron chi connectivity index (χ3n) is 5.45. The standard InChI is InChI=1S/C25H42O4/c1-2-3-4-10-18-24(29-21-22-14-7-5-8-15-22)19-11-6-9-16-23(26)17-12-13-20-25(27)28/h5,7-8,14-15,23-24,26H,2-4,6,9-13,16-21H2,1H3,(H,27,28). The van der Waals surface area contributed by atoms with Crippen molar-refractivity contribution in [1.82, 2.24) is 0 Å². The zero-order valence-electron chi connectivity index (χ0n) is 18.4. The number of ether oxygens (including phenoxy) is 1. The molecule has 0 fully saturated rings. The monoisotopic (exact) mass is 406 g/mol. The average molecular weight is 407 g/mol. The molecule has 0 heterocycles. The highest BCUT2D eigenvalue weighted by atomic mass is 16.5. The number of rotatable bonds is 19. The Morgan fingerprint density at radius 1 is 0.862 bits per heavy atom. The van der Waals surface area contributed by atoms with Gasteiger partial charge in [-0.25, -0.2) is 0 Å². The van der Waals surface area contributed by atoms with Crippen LogP contribution in [0.25, 0.3) is 0 Å². The molecule has 29 heavy (non-hydrogen) atoms. The van der Waals surface area contributed by atoms with E-state index in [1.54, 1.807) is 0 Å². The molecule has 4 nitrogen and oxygen atoms in total. The number of hydrogen-bond donors (Lipinski definition) is 2. The number of aliphatic hydroxyl groups is 1. The molecule has 0 saturated carbocycles. The predicted molar refractivity (Wildman–Crippen MR) is 119 cm³/mol. The second-order valence-corrected chi connectivity index (χ2v) is 8.20. The van der Waals surface area contributed by atoms with Crippen molar-refractivity contribution in [2.24, 2.45) is 0 Å². The summed E-state index contributed by atoms with van der Waals surface area (Å²) in [5.74, 6) is -0.752. The smallest absolute Gasteiger partial charge is 0.303 e. The number of hydrogen-bond acceptors (Lipinski definition) is 3. The maximum absolute atomic E-state index is 10.5. The normalized spacial score (nSPS) is 13.3. The fourth-order valence-corrected chi connectivity index (χ4v) is 3.63. The van der Waals surface area contributed by atoms with E-state index in [1.165, 1.54) is 31.2 Å². The summed E-state index contributed by atoms with van der Waals surface area (Å²) in [5.41, 5.74) is 1.23. The van der Waals surface area contributed by atoms with E-state index in [0.717, 1.165) is 44.9 Å². The zero-order valence-corrected chi connectivity index (χ0v) is 18.4. The second-order valence-electron chi connectivity index (χ2n) is 8.20. The number of carbonyl (C=O) groups is 1. The maximum Gasteiger partial charge on any atom is 0.303 e. The van der Waals surface area contributed by atoms with Gasteiger partial charge in [-0.05, 0) is 37.7 Å². The molecular formula is C25H42O4. The lowest BCUT2D eigenvalue weighted by Gasteiger charge is -2.18. The van der Waals surface area contributed by atoms with E-state index in [0.29, 0.717) is 25.6 Å². The molecule has 0 aromatic heterocycles. The Morgan fingerprint density at radius 3 is 2.07 bits per heavy atom. The van der Waals surface area contributed by atoms with Crippen LogP contribution >= 0.6 is 0 Å². The van der Waals surface area contributed by atoms with Crippen molar-refractivity contribution < 1.29 is 19.7 Å². The molecule has 0 aliphatic rings. The van der Waals surface area contributed by atoms with Gasteiger partial charge in [0.1, 0.15) is 0 Å². The Labute approximate surface area is 177 Å². The number of unbranched alkanes of at least 4 members (excludes halogenated alkanes) is 6. The van der Waals surface area contributed by atoms with Crippen LogP contribution in [-0.4, -0.2) is 28.4 Å². The van der Waals surface area contributed by atoms with Crippen molar-refractivity contribution in [3.8, 4) is 0 Å². The SMILES string of the molecule is CCCCCCC(CCCCCC(O)CCCCC(=O)O)OCc1ccccc1. The third kappa shape index (κ3) is 15.2. The minimum absolute atomic E-state index is 0.204. The van der Waals surface area contributed by atoms with Gasteiger partial charge in [0.2, 0.25) is 0 Å². The van der Waals surface area contributed by atoms with E-state index in [4.69, 9.17) is 9.84 Å². The minimum atomic E-state index is -0.752. The third-order valence-corrected chi connectivity index (χ3v) is 5.45. The molecule has 1 aromatic carbocycles. The molecule has 166 valence electrons. The highest BCUT2D eigenvalue weighted by molar-refractivity contribution is 5.66. The molecule has 1 aromatic rings. The summed E-state index contributed by atoms with van der Waals surface area (Å²) in [6, 6.07) is 10.4. The van der Waals surface area contributed by atoms with Gasteiger partial charge in [0.15, 0.2) is 0 Å². The van der Waals surface area contributed by atoms with Crippen LogP contribution in [0.15, 0.2) is 30.3 Å². The summed E-state index contributed by atoms with van der Waals surface area (Å²) in [5, 5.41) is 18.7. The zero-order chi connectivity index (χ0) is 21.2. The Kier molecular flexibility index (Phi) is 15.4. The van der Waals surface area contributed by atoms with Gasteiger partial charge >= 0.3 is 5.97 Å². The average Bonchev–Trinajstić information content (AvgIpc) is 2.72. The van der Waals surface area contributed by atoms with Gasteiger partial charge in [-0.3, -0.25) is 4.79 Å². The Bertz CT molecular complexity index is 503. The molecule has 4 heteroatoms. The molecule has 0 spiro atoms. The van der Waals surface area contributed by atoms with Crippen LogP contribution in [0.5, 0.6) is 0 Å². The van der Waals surface area contributed by atoms with Crippen molar-refractivity contribution in [2.75, 3.05) is 0 Å². The summed E-state index contributed by atoms with van der Waals surface area (Å²) in [6.07, 6.45) is 13.8. The minimum Gasteiger partial charge on any atom is -0.481 e. The quantitative estimate of drug-likeness (QED) is 0.257. The van der Waals surface area contributed by atoms with Crippen LogP contribution in [0.4, 0.5) is 0 Å². The van der Waals surface area contributed by atoms with E-state index >= 15 is 0 Å². The van der Waals surface area contributed by atoms with Crippen molar-refractivity contribution in [1.29, 1.82) is 0 Å². The van der Waals surface area contributed by atoms with Gasteiger partial charge in [0.25, 0.3) is 0 Å². The fraction of sp³-hybridized carbons (Fsp3) is 0.720. The predicted octanol–water partition coefficient (Wildman–Crippen LogP) is 6.50. The van der Waals surface area contributed by atoms with Crippen molar-refractivity contribution in [2.45, 2.75) is 116 Å². The lowest BCUT2D eigenvalue weighted by Crippen LogP contribution is -2.13. The molecule has 0 saturated heterocycles. The maximum atomic E-state index is 10.5. The number of benzene rings is 1. The van der Waals surface area contributed by atoms with E-state index in [1.807, 2.05) is 6.07 Å². The van der Waals surface area contributed by atoms with Crippen molar-refractivity contribution in [3.63, 3.8) is 0 Å². The summed E-state index contributed by atoms with van der Waals surface area (Å²) in [6.45, 7) is 2.93. The van der Waals surface area contributed by atoms with Crippen LogP contribution in [0, 0.1) is 0 Å². The number of carboxylic acid groups (broad SMARTS) is 1. The van der Waals surface area contributed by atoms with Crippen LogP contribution in [0.2, 0.25) is 0 Å². The number of carboxylic acids is 1. The molecule has 0 aliphatic heterocycles. The van der Waals surface area contributed by atoms with Crippen LogP contribution < -0.4 is 0 Å². The Balaban J connectivity index is 2.18. The first-order chi connectivity index (χ1) is 14.1. The Morgan fingerprint density at radius 2 is 1.45 bits per heavy atom. The lowest BCUT2D eigenvalue weighted by molar-refractivity contribution is -0.137. The molecular weight excluding hydrogens is 364 g/mol. The number of aliphatic carboxylic acids is 1. The topological polar surface area (TPSA) is 66.8 Å². The van der Waals surface area contributed by atoms with E-state index in [2.05, 4.69) is 31.2 Å². The van der Waals surface area contributed by atoms with Gasteiger partial charge in [-0.2, -0.15) is 0 Å². The molecule has 2 unspecified atom stereocenters. The summed E-state index contributed by atoms with van der Waals surface area (Å²) < 4.78 is 6.22. The number of aliphatic hydroxyl groups excluding tert-OH is 1. The first kappa shape index (κ1) is 25.6. The molecule has 2 N–H and O–H groups in total. The van der Waals surface area contributed by atoms with Gasteiger partial charge in [-0.15, -0.1) is 0 Å². The lowest BCUT2D eigenvalue weighted by atomic mass is 10.0. The van der Waals surface area contributed by atoms with E-state index in [9.17, 15) is 9.90 Å². The summed E-state index contributed by atoms with van der Waals surface area (Å²) in [4.78, 5) is 10.5.